The molecular formula is C15H16ClN5O3. The van der Waals surface area contributed by atoms with E-state index in [9.17, 15) is 0 Å². The van der Waals surface area contributed by atoms with Crippen molar-refractivity contribution < 1.29 is 14.2 Å². The predicted molar refractivity (Wildman–Crippen MR) is 89.9 cm³/mol. The summed E-state index contributed by atoms with van der Waals surface area (Å²) in [7, 11) is 4.70. The molecule has 0 aliphatic carbocycles. The van der Waals surface area contributed by atoms with Crippen LogP contribution in [0.5, 0.6) is 17.2 Å². The van der Waals surface area contributed by atoms with Gasteiger partial charge < -0.3 is 24.5 Å². The first-order valence-electron chi connectivity index (χ1n) is 7.00. The maximum absolute atomic E-state index is 6.05. The van der Waals surface area contributed by atoms with E-state index in [-0.39, 0.29) is 11.1 Å². The van der Waals surface area contributed by atoms with Crippen molar-refractivity contribution in [3.05, 3.63) is 29.2 Å². The largest absolute Gasteiger partial charge is 0.493 e. The number of halogens is 1. The number of methoxy groups -OCH3 is 3. The second-order valence-corrected chi connectivity index (χ2v) is 5.31. The fourth-order valence-electron chi connectivity index (χ4n) is 2.46. The van der Waals surface area contributed by atoms with E-state index in [0.717, 1.165) is 5.56 Å². The molecule has 8 nitrogen and oxygen atoms in total. The van der Waals surface area contributed by atoms with Gasteiger partial charge in [0.05, 0.1) is 34.2 Å². The lowest BCUT2D eigenvalue weighted by Crippen LogP contribution is -2.04. The van der Waals surface area contributed by atoms with Gasteiger partial charge in [-0.2, -0.15) is 9.97 Å². The number of rotatable bonds is 5. The number of nitrogens with two attached hydrogens (primary N) is 1. The van der Waals surface area contributed by atoms with Gasteiger partial charge in [-0.15, -0.1) is 0 Å². The molecule has 3 rings (SSSR count). The Balaban J connectivity index is 2.06. The Morgan fingerprint density at radius 2 is 1.75 bits per heavy atom. The summed E-state index contributed by atoms with van der Waals surface area (Å²) in [5, 5.41) is 0.223. The van der Waals surface area contributed by atoms with Crippen LogP contribution < -0.4 is 19.9 Å². The van der Waals surface area contributed by atoms with E-state index in [0.29, 0.717) is 35.0 Å². The second-order valence-electron chi connectivity index (χ2n) is 4.95. The highest BCUT2D eigenvalue weighted by Gasteiger charge is 2.15. The molecule has 0 fully saturated rings. The zero-order valence-electron chi connectivity index (χ0n) is 13.4. The smallest absolute Gasteiger partial charge is 0.223 e. The van der Waals surface area contributed by atoms with E-state index in [2.05, 4.69) is 15.0 Å². The van der Waals surface area contributed by atoms with Gasteiger partial charge in [-0.25, -0.2) is 4.98 Å². The minimum Gasteiger partial charge on any atom is -0.493 e. The Morgan fingerprint density at radius 1 is 1.08 bits per heavy atom. The molecule has 2 aromatic heterocycles. The molecule has 24 heavy (non-hydrogen) atoms. The fourth-order valence-corrected chi connectivity index (χ4v) is 2.68. The van der Waals surface area contributed by atoms with Crippen molar-refractivity contribution in [1.29, 1.82) is 0 Å². The first-order chi connectivity index (χ1) is 11.6. The zero-order chi connectivity index (χ0) is 17.3. The molecule has 0 bridgehead atoms. The van der Waals surface area contributed by atoms with Gasteiger partial charge in [0, 0.05) is 0 Å². The van der Waals surface area contributed by atoms with Crippen molar-refractivity contribution in [3.8, 4) is 17.2 Å². The van der Waals surface area contributed by atoms with E-state index in [1.165, 1.54) is 0 Å². The Hall–Kier alpha value is -2.74. The highest BCUT2D eigenvalue weighted by Crippen LogP contribution is 2.38. The Bertz CT molecular complexity index is 871. The first-order valence-corrected chi connectivity index (χ1v) is 7.38. The van der Waals surface area contributed by atoms with Crippen molar-refractivity contribution in [2.45, 2.75) is 6.54 Å². The van der Waals surface area contributed by atoms with Crippen LogP contribution in [0.3, 0.4) is 0 Å². The molecule has 3 aromatic rings. The number of benzene rings is 1. The van der Waals surface area contributed by atoms with Crippen LogP contribution in [0.25, 0.3) is 11.2 Å². The van der Waals surface area contributed by atoms with Gasteiger partial charge in [-0.1, -0.05) is 11.6 Å². The average Bonchev–Trinajstić information content (AvgIpc) is 2.96. The third-order valence-electron chi connectivity index (χ3n) is 3.52. The number of anilines is 1. The molecule has 2 N–H and O–H groups in total. The van der Waals surface area contributed by atoms with Crippen LogP contribution in [0.15, 0.2) is 18.5 Å². The number of hydrogen-bond donors (Lipinski definition) is 1. The molecule has 0 amide bonds. The maximum Gasteiger partial charge on any atom is 0.223 e. The van der Waals surface area contributed by atoms with Gasteiger partial charge in [0.2, 0.25) is 11.7 Å². The monoisotopic (exact) mass is 349 g/mol. The molecule has 0 atom stereocenters. The summed E-state index contributed by atoms with van der Waals surface area (Å²) < 4.78 is 17.9. The molecule has 0 aliphatic rings. The Labute approximate surface area is 143 Å². The lowest BCUT2D eigenvalue weighted by Gasteiger charge is -2.14. The van der Waals surface area contributed by atoms with Crippen molar-refractivity contribution in [1.82, 2.24) is 19.5 Å². The highest BCUT2D eigenvalue weighted by atomic mass is 35.5. The lowest BCUT2D eigenvalue weighted by atomic mass is 10.1. The molecule has 0 unspecified atom stereocenters. The number of imidazole rings is 1. The summed E-state index contributed by atoms with van der Waals surface area (Å²) in [5.41, 5.74) is 7.64. The summed E-state index contributed by atoms with van der Waals surface area (Å²) in [4.78, 5) is 12.3. The molecule has 0 aliphatic heterocycles. The Kier molecular flexibility index (Phi) is 4.30. The molecule has 0 saturated carbocycles. The quantitative estimate of drug-likeness (QED) is 0.704. The highest BCUT2D eigenvalue weighted by molar-refractivity contribution is 6.33. The molecule has 126 valence electrons. The number of aromatic nitrogens is 4. The normalized spacial score (nSPS) is 10.8. The first kappa shape index (κ1) is 16.1. The van der Waals surface area contributed by atoms with Gasteiger partial charge in [-0.05, 0) is 17.7 Å². The number of hydrogen-bond acceptors (Lipinski definition) is 7. The standard InChI is InChI=1S/C15H16ClN5O3/c1-22-9-4-8(5-10(23-2)12(9)24-3)6-21-7-18-11-13(16)19-15(17)20-14(11)21/h4-5,7H,6H2,1-3H3,(H2,17,19,20). The van der Waals surface area contributed by atoms with Crippen LogP contribution in [-0.4, -0.2) is 40.8 Å². The van der Waals surface area contributed by atoms with Crippen LogP contribution in [0.1, 0.15) is 5.56 Å². The van der Waals surface area contributed by atoms with Gasteiger partial charge in [-0.3, -0.25) is 0 Å². The van der Waals surface area contributed by atoms with E-state index < -0.39 is 0 Å². The summed E-state index contributed by atoms with van der Waals surface area (Å²) in [6.45, 7) is 0.472. The van der Waals surface area contributed by atoms with Crippen LogP contribution in [0.4, 0.5) is 5.95 Å². The van der Waals surface area contributed by atoms with Crippen LogP contribution in [-0.2, 0) is 6.54 Å². The Morgan fingerprint density at radius 3 is 2.33 bits per heavy atom. The number of fused-ring (bicyclic) bond motifs is 1. The third-order valence-corrected chi connectivity index (χ3v) is 3.78. The molecule has 0 saturated heterocycles. The molecule has 0 spiro atoms. The van der Waals surface area contributed by atoms with Crippen LogP contribution >= 0.6 is 11.6 Å². The summed E-state index contributed by atoms with van der Waals surface area (Å²) >= 11 is 6.05. The van der Waals surface area contributed by atoms with E-state index in [1.54, 1.807) is 27.7 Å². The summed E-state index contributed by atoms with van der Waals surface area (Å²) in [6.07, 6.45) is 1.63. The minimum absolute atomic E-state index is 0.0964. The summed E-state index contributed by atoms with van der Waals surface area (Å²) in [6, 6.07) is 3.72. The lowest BCUT2D eigenvalue weighted by molar-refractivity contribution is 0.323. The van der Waals surface area contributed by atoms with Gasteiger partial charge in [0.1, 0.15) is 5.52 Å². The molecule has 2 heterocycles. The topological polar surface area (TPSA) is 97.3 Å². The number of nitrogen functional groups attached to an aromatic ring is 1. The van der Waals surface area contributed by atoms with Crippen LogP contribution in [0, 0.1) is 0 Å². The molecular weight excluding hydrogens is 334 g/mol. The number of ether oxygens (including phenoxy) is 3. The zero-order valence-corrected chi connectivity index (χ0v) is 14.2. The second kappa shape index (κ2) is 6.40. The maximum atomic E-state index is 6.05. The predicted octanol–water partition coefficient (Wildman–Crippen LogP) is 2.14. The van der Waals surface area contributed by atoms with Gasteiger partial charge >= 0.3 is 0 Å². The molecule has 9 heteroatoms. The average molecular weight is 350 g/mol. The van der Waals surface area contributed by atoms with Crippen LogP contribution in [0.2, 0.25) is 5.15 Å². The van der Waals surface area contributed by atoms with Crippen molar-refractivity contribution in [2.75, 3.05) is 27.1 Å². The van der Waals surface area contributed by atoms with Gasteiger partial charge in [0.25, 0.3) is 0 Å². The number of nitrogens with zero attached hydrogens (tertiary/aromatic N) is 4. The van der Waals surface area contributed by atoms with Crippen molar-refractivity contribution >= 4 is 28.7 Å². The SMILES string of the molecule is COc1cc(Cn2cnc3c(Cl)nc(N)nc32)cc(OC)c1OC. The fraction of sp³-hybridized carbons (Fsp3) is 0.267. The summed E-state index contributed by atoms with van der Waals surface area (Å²) in [5.74, 6) is 1.78. The minimum atomic E-state index is 0.0964. The van der Waals surface area contributed by atoms with Gasteiger partial charge in [0.15, 0.2) is 22.3 Å². The van der Waals surface area contributed by atoms with Crippen molar-refractivity contribution in [2.24, 2.45) is 0 Å². The van der Waals surface area contributed by atoms with E-state index in [1.807, 2.05) is 16.7 Å². The molecule has 1 aromatic carbocycles. The third kappa shape index (κ3) is 2.76. The molecule has 0 radical (unpaired) electrons. The van der Waals surface area contributed by atoms with E-state index >= 15 is 0 Å². The van der Waals surface area contributed by atoms with Crippen molar-refractivity contribution in [3.63, 3.8) is 0 Å². The van der Waals surface area contributed by atoms with E-state index in [4.69, 9.17) is 31.5 Å².